The monoisotopic (exact) mass is 346 g/mol. The van der Waals surface area contributed by atoms with Crippen molar-refractivity contribution in [1.82, 2.24) is 4.90 Å². The Bertz CT molecular complexity index is 759. The number of carbonyl (C=O) groups excluding carboxylic acids is 1. The summed E-state index contributed by atoms with van der Waals surface area (Å²) in [5.74, 6) is -0.0195. The topological polar surface area (TPSA) is 72.7 Å². The lowest BCUT2D eigenvalue weighted by Gasteiger charge is -2.35. The summed E-state index contributed by atoms with van der Waals surface area (Å²) in [6, 6.07) is 8.24. The second kappa shape index (κ2) is 7.00. The fraction of sp³-hybridized carbons (Fsp3) is 0.353. The Labute approximate surface area is 143 Å². The highest BCUT2D eigenvalue weighted by Crippen LogP contribution is 2.35. The quantitative estimate of drug-likeness (QED) is 0.613. The molecule has 2 heterocycles. The lowest BCUT2D eigenvalue weighted by Crippen LogP contribution is -2.41. The Morgan fingerprint density at radius 1 is 1.42 bits per heavy atom. The molecule has 1 aromatic carbocycles. The van der Waals surface area contributed by atoms with Crippen molar-refractivity contribution in [2.45, 2.75) is 25.8 Å². The molecule has 1 atom stereocenters. The van der Waals surface area contributed by atoms with E-state index < -0.39 is 4.92 Å². The van der Waals surface area contributed by atoms with Crippen molar-refractivity contribution < 1.29 is 14.5 Å². The molecule has 0 bridgehead atoms. The van der Waals surface area contributed by atoms with Crippen LogP contribution in [-0.2, 0) is 11.2 Å². The number of carbonyl (C=O) groups is 1. The zero-order valence-corrected chi connectivity index (χ0v) is 14.1. The number of hydrogen-bond acceptors (Lipinski definition) is 5. The fourth-order valence-corrected chi connectivity index (χ4v) is 4.02. The number of fused-ring (bicyclic) bond motifs is 1. The molecule has 1 aliphatic heterocycles. The average molecular weight is 346 g/mol. The maximum Gasteiger partial charge on any atom is 0.310 e. The molecule has 0 unspecified atom stereocenters. The normalized spacial score (nSPS) is 16.5. The van der Waals surface area contributed by atoms with Crippen LogP contribution in [0, 0.1) is 10.1 Å². The number of nitro groups is 1. The summed E-state index contributed by atoms with van der Waals surface area (Å²) >= 11 is 1.73. The molecule has 24 heavy (non-hydrogen) atoms. The van der Waals surface area contributed by atoms with Crippen molar-refractivity contribution in [2.75, 3.05) is 13.2 Å². The lowest BCUT2D eigenvalue weighted by atomic mass is 9.98. The minimum atomic E-state index is -0.507. The number of rotatable bonds is 5. The van der Waals surface area contributed by atoms with Gasteiger partial charge in [0.1, 0.15) is 0 Å². The van der Waals surface area contributed by atoms with Crippen LogP contribution in [0.4, 0.5) is 5.69 Å². The van der Waals surface area contributed by atoms with E-state index in [9.17, 15) is 14.9 Å². The van der Waals surface area contributed by atoms with Crippen LogP contribution in [0.3, 0.4) is 0 Å². The molecule has 0 saturated heterocycles. The van der Waals surface area contributed by atoms with Crippen LogP contribution in [0.1, 0.15) is 29.8 Å². The van der Waals surface area contributed by atoms with Crippen molar-refractivity contribution in [3.63, 3.8) is 0 Å². The molecule has 0 radical (unpaired) electrons. The van der Waals surface area contributed by atoms with E-state index in [0.717, 1.165) is 12.8 Å². The van der Waals surface area contributed by atoms with E-state index in [1.165, 1.54) is 22.6 Å². The molecular formula is C17H18N2O4S. The maximum atomic E-state index is 12.6. The minimum Gasteiger partial charge on any atom is -0.477 e. The Morgan fingerprint density at radius 2 is 2.21 bits per heavy atom. The number of benzene rings is 1. The highest BCUT2D eigenvalue weighted by Gasteiger charge is 2.30. The number of amides is 1. The Hall–Kier alpha value is -2.41. The van der Waals surface area contributed by atoms with Crippen LogP contribution >= 0.6 is 11.3 Å². The first-order valence-electron chi connectivity index (χ1n) is 7.83. The van der Waals surface area contributed by atoms with Gasteiger partial charge in [0.2, 0.25) is 0 Å². The van der Waals surface area contributed by atoms with Gasteiger partial charge in [0.05, 0.1) is 11.0 Å². The molecule has 0 N–H and O–H groups in total. The summed E-state index contributed by atoms with van der Waals surface area (Å²) in [5.41, 5.74) is 1.09. The van der Waals surface area contributed by atoms with Gasteiger partial charge in [-0.15, -0.1) is 11.3 Å². The molecule has 3 rings (SSSR count). The zero-order chi connectivity index (χ0) is 17.1. The van der Waals surface area contributed by atoms with Crippen molar-refractivity contribution >= 4 is 22.9 Å². The Morgan fingerprint density at radius 3 is 2.96 bits per heavy atom. The average Bonchev–Trinajstić information content (AvgIpc) is 3.07. The molecule has 126 valence electrons. The predicted molar refractivity (Wildman–Crippen MR) is 91.4 cm³/mol. The molecule has 7 heteroatoms. The fourth-order valence-electron chi connectivity index (χ4n) is 3.09. The molecule has 1 aromatic heterocycles. The molecule has 2 aromatic rings. The number of ether oxygens (including phenoxy) is 1. The van der Waals surface area contributed by atoms with Crippen LogP contribution in [0.5, 0.6) is 5.75 Å². The van der Waals surface area contributed by atoms with Gasteiger partial charge in [0.25, 0.3) is 5.91 Å². The first-order valence-corrected chi connectivity index (χ1v) is 8.71. The molecule has 0 fully saturated rings. The van der Waals surface area contributed by atoms with Gasteiger partial charge in [-0.3, -0.25) is 14.9 Å². The van der Waals surface area contributed by atoms with E-state index in [-0.39, 0.29) is 30.0 Å². The molecular weight excluding hydrogens is 328 g/mol. The first kappa shape index (κ1) is 16.4. The van der Waals surface area contributed by atoms with Gasteiger partial charge in [0, 0.05) is 17.5 Å². The predicted octanol–water partition coefficient (Wildman–Crippen LogP) is 3.57. The van der Waals surface area contributed by atoms with E-state index in [1.54, 1.807) is 23.5 Å². The molecule has 1 aliphatic rings. The Kier molecular flexibility index (Phi) is 4.80. The molecule has 0 aliphatic carbocycles. The van der Waals surface area contributed by atoms with Gasteiger partial charge in [-0.1, -0.05) is 19.1 Å². The van der Waals surface area contributed by atoms with Crippen molar-refractivity contribution in [1.29, 1.82) is 0 Å². The SMILES string of the molecule is CC[C@H]1c2ccsc2CCN1C(=O)COc1ccccc1[N+](=O)[O-]. The Balaban J connectivity index is 1.71. The summed E-state index contributed by atoms with van der Waals surface area (Å²) in [5, 5.41) is 13.1. The largest absolute Gasteiger partial charge is 0.477 e. The molecule has 6 nitrogen and oxygen atoms in total. The van der Waals surface area contributed by atoms with E-state index >= 15 is 0 Å². The second-order valence-corrected chi connectivity index (χ2v) is 6.57. The third-order valence-corrected chi connectivity index (χ3v) is 5.21. The van der Waals surface area contributed by atoms with Crippen LogP contribution in [-0.4, -0.2) is 28.9 Å². The third kappa shape index (κ3) is 3.12. The highest BCUT2D eigenvalue weighted by molar-refractivity contribution is 7.10. The van der Waals surface area contributed by atoms with Gasteiger partial charge < -0.3 is 9.64 Å². The summed E-state index contributed by atoms with van der Waals surface area (Å²) < 4.78 is 5.45. The van der Waals surface area contributed by atoms with Crippen molar-refractivity contribution in [3.05, 3.63) is 56.3 Å². The van der Waals surface area contributed by atoms with E-state index in [1.807, 2.05) is 4.90 Å². The van der Waals surface area contributed by atoms with Crippen LogP contribution in [0.2, 0.25) is 0 Å². The summed E-state index contributed by atoms with van der Waals surface area (Å²) in [4.78, 5) is 26.2. The number of nitro benzene ring substituents is 1. The van der Waals surface area contributed by atoms with Gasteiger partial charge >= 0.3 is 5.69 Å². The number of thiophene rings is 1. The van der Waals surface area contributed by atoms with Crippen LogP contribution < -0.4 is 4.74 Å². The molecule has 0 saturated carbocycles. The third-order valence-electron chi connectivity index (χ3n) is 4.22. The van der Waals surface area contributed by atoms with E-state index in [4.69, 9.17) is 4.74 Å². The number of hydrogen-bond donors (Lipinski definition) is 0. The first-order chi connectivity index (χ1) is 11.6. The van der Waals surface area contributed by atoms with E-state index in [0.29, 0.717) is 6.54 Å². The van der Waals surface area contributed by atoms with Crippen LogP contribution in [0.15, 0.2) is 35.7 Å². The van der Waals surface area contributed by atoms with Crippen molar-refractivity contribution in [3.8, 4) is 5.75 Å². The molecule has 0 spiro atoms. The number of nitrogens with zero attached hydrogens (tertiary/aromatic N) is 2. The maximum absolute atomic E-state index is 12.6. The van der Waals surface area contributed by atoms with E-state index in [2.05, 4.69) is 18.4 Å². The second-order valence-electron chi connectivity index (χ2n) is 5.57. The standard InChI is InChI=1S/C17H18N2O4S/c1-2-13-12-8-10-24-16(12)7-9-18(13)17(20)11-23-15-6-4-3-5-14(15)19(21)22/h3-6,8,10,13H,2,7,9,11H2,1H3/t13-/m0/s1. The van der Waals surface area contributed by atoms with Crippen molar-refractivity contribution in [2.24, 2.45) is 0 Å². The van der Waals surface area contributed by atoms with Crippen LogP contribution in [0.25, 0.3) is 0 Å². The summed E-state index contributed by atoms with van der Waals surface area (Å²) in [7, 11) is 0. The van der Waals surface area contributed by atoms with Gasteiger partial charge in [-0.25, -0.2) is 0 Å². The number of para-hydroxylation sites is 2. The lowest BCUT2D eigenvalue weighted by molar-refractivity contribution is -0.385. The summed E-state index contributed by atoms with van der Waals surface area (Å²) in [6.45, 7) is 2.52. The highest BCUT2D eigenvalue weighted by atomic mass is 32.1. The zero-order valence-electron chi connectivity index (χ0n) is 13.3. The van der Waals surface area contributed by atoms with Gasteiger partial charge in [0.15, 0.2) is 12.4 Å². The minimum absolute atomic E-state index is 0.0573. The summed E-state index contributed by atoms with van der Waals surface area (Å²) in [6.07, 6.45) is 1.68. The smallest absolute Gasteiger partial charge is 0.310 e. The van der Waals surface area contributed by atoms with Gasteiger partial charge in [-0.05, 0) is 35.9 Å². The van der Waals surface area contributed by atoms with Gasteiger partial charge in [-0.2, -0.15) is 0 Å². The molecule has 1 amide bonds.